The molecule has 1 aliphatic rings. The first-order valence-corrected chi connectivity index (χ1v) is 8.63. The molecule has 1 saturated heterocycles. The molecule has 0 aromatic rings. The average molecular weight is 461 g/mol. The van der Waals surface area contributed by atoms with E-state index < -0.39 is 47.7 Å². The summed E-state index contributed by atoms with van der Waals surface area (Å²) in [6.45, 7) is 4.54. The molecule has 0 saturated carbocycles. The van der Waals surface area contributed by atoms with Gasteiger partial charge >= 0.3 is 36.0 Å². The number of hydrogen-bond donors (Lipinski definition) is 0. The van der Waals surface area contributed by atoms with E-state index in [1.54, 1.807) is 20.8 Å². The molecule has 30 heavy (non-hydrogen) atoms. The Hall–Kier alpha value is -1.89. The zero-order valence-corrected chi connectivity index (χ0v) is 16.1. The summed E-state index contributed by atoms with van der Waals surface area (Å²) in [7, 11) is 0. The lowest BCUT2D eigenvalue weighted by atomic mass is 10.0. The second-order valence-electron chi connectivity index (χ2n) is 7.65. The number of carbonyl (C=O) groups is 2. The number of amides is 1. The predicted molar refractivity (Wildman–Crippen MR) is 82.4 cm³/mol. The van der Waals surface area contributed by atoms with Gasteiger partial charge in [-0.15, -0.1) is 0 Å². The van der Waals surface area contributed by atoms with Crippen LogP contribution in [0.25, 0.3) is 0 Å². The maximum Gasteiger partial charge on any atom is 0.460 e. The van der Waals surface area contributed by atoms with Crippen LogP contribution in [0.3, 0.4) is 0 Å². The van der Waals surface area contributed by atoms with Crippen LogP contribution in [0, 0.1) is 0 Å². The molecule has 14 heteroatoms. The van der Waals surface area contributed by atoms with E-state index in [2.05, 4.69) is 4.74 Å². The van der Waals surface area contributed by atoms with Gasteiger partial charge in [0.05, 0.1) is 0 Å². The van der Waals surface area contributed by atoms with Crippen molar-refractivity contribution in [2.24, 2.45) is 0 Å². The Morgan fingerprint density at radius 2 is 1.37 bits per heavy atom. The van der Waals surface area contributed by atoms with Crippen molar-refractivity contribution in [3.8, 4) is 0 Å². The van der Waals surface area contributed by atoms with Gasteiger partial charge in [-0.2, -0.15) is 39.5 Å². The van der Waals surface area contributed by atoms with Gasteiger partial charge in [0.1, 0.15) is 11.7 Å². The lowest BCUT2D eigenvalue weighted by molar-refractivity contribution is -0.391. The minimum absolute atomic E-state index is 0.0294. The smallest absolute Gasteiger partial charge is 0.458 e. The molecule has 0 aromatic carbocycles. The van der Waals surface area contributed by atoms with Crippen molar-refractivity contribution in [1.29, 1.82) is 0 Å². The third-order valence-corrected chi connectivity index (χ3v) is 4.00. The van der Waals surface area contributed by atoms with Gasteiger partial charge in [-0.25, -0.2) is 9.59 Å². The highest BCUT2D eigenvalue weighted by Crippen LogP contribution is 2.53. The lowest BCUT2D eigenvalue weighted by Crippen LogP contribution is -2.63. The van der Waals surface area contributed by atoms with Crippen molar-refractivity contribution >= 4 is 12.1 Å². The summed E-state index contributed by atoms with van der Waals surface area (Å²) in [6, 6.07) is 0. The zero-order valence-electron chi connectivity index (χ0n) is 16.1. The van der Waals surface area contributed by atoms with Crippen LogP contribution in [-0.2, 0) is 14.3 Å². The highest BCUT2D eigenvalue weighted by molar-refractivity contribution is 5.79. The molecule has 0 aromatic heterocycles. The number of likely N-dealkylation sites (tertiary alicyclic amines) is 1. The number of ether oxygens (including phenoxy) is 2. The largest absolute Gasteiger partial charge is 0.460 e. The summed E-state index contributed by atoms with van der Waals surface area (Å²) in [5.74, 6) is -23.9. The molecule has 0 aliphatic carbocycles. The molecular weight excluding hydrogens is 441 g/mol. The van der Waals surface area contributed by atoms with Gasteiger partial charge in [0.25, 0.3) is 0 Å². The number of nitrogens with zero attached hydrogens (tertiary/aromatic N) is 1. The summed E-state index contributed by atoms with van der Waals surface area (Å²) in [6.07, 6.45) is -9.85. The second-order valence-corrected chi connectivity index (χ2v) is 7.65. The van der Waals surface area contributed by atoms with Crippen LogP contribution in [-0.4, -0.2) is 65.7 Å². The first-order chi connectivity index (χ1) is 13.2. The van der Waals surface area contributed by atoms with Crippen LogP contribution in [0.2, 0.25) is 0 Å². The van der Waals surface area contributed by atoms with Gasteiger partial charge in [0.15, 0.2) is 0 Å². The molecule has 1 atom stereocenters. The van der Waals surface area contributed by atoms with E-state index >= 15 is 0 Å². The minimum atomic E-state index is -7.18. The fourth-order valence-electron chi connectivity index (χ4n) is 2.42. The number of rotatable bonds is 4. The van der Waals surface area contributed by atoms with E-state index in [9.17, 15) is 49.1 Å². The molecule has 0 bridgehead atoms. The Balaban J connectivity index is 2.86. The maximum absolute atomic E-state index is 13.6. The summed E-state index contributed by atoms with van der Waals surface area (Å²) >= 11 is 0. The molecule has 5 nitrogen and oxygen atoms in total. The highest BCUT2D eigenvalue weighted by atomic mass is 19.4. The van der Waals surface area contributed by atoms with Gasteiger partial charge in [-0.05, 0) is 33.6 Å². The number of alkyl halides is 9. The molecule has 0 radical (unpaired) electrons. The summed E-state index contributed by atoms with van der Waals surface area (Å²) < 4.78 is 125. The zero-order chi connectivity index (χ0) is 23.8. The summed E-state index contributed by atoms with van der Waals surface area (Å²) in [4.78, 5) is 24.5. The first-order valence-electron chi connectivity index (χ1n) is 8.63. The number of halogens is 9. The van der Waals surface area contributed by atoms with Gasteiger partial charge in [-0.3, -0.25) is 0 Å². The second kappa shape index (κ2) is 8.33. The van der Waals surface area contributed by atoms with Crippen molar-refractivity contribution in [1.82, 2.24) is 4.90 Å². The molecule has 1 unspecified atom stereocenters. The normalized spacial score (nSPS) is 19.9. The molecular formula is C16H20F9NO4. The lowest BCUT2D eigenvalue weighted by Gasteiger charge is -2.32. The third kappa shape index (κ3) is 5.42. The van der Waals surface area contributed by atoms with Crippen LogP contribution in [0.15, 0.2) is 0 Å². The van der Waals surface area contributed by atoms with E-state index in [1.807, 2.05) is 0 Å². The topological polar surface area (TPSA) is 55.8 Å². The van der Waals surface area contributed by atoms with Gasteiger partial charge in [-0.1, -0.05) is 0 Å². The van der Waals surface area contributed by atoms with E-state index in [1.165, 1.54) is 0 Å². The van der Waals surface area contributed by atoms with Crippen LogP contribution in [0.5, 0.6) is 0 Å². The Bertz CT molecular complexity index is 644. The highest BCUT2D eigenvalue weighted by Gasteiger charge is 2.84. The van der Waals surface area contributed by atoms with Crippen molar-refractivity contribution in [2.75, 3.05) is 13.1 Å². The van der Waals surface area contributed by atoms with Crippen molar-refractivity contribution in [2.45, 2.75) is 75.7 Å². The molecule has 0 N–H and O–H groups in total. The average Bonchev–Trinajstić information content (AvgIpc) is 2.77. The Morgan fingerprint density at radius 1 is 0.833 bits per heavy atom. The van der Waals surface area contributed by atoms with E-state index in [4.69, 9.17) is 4.74 Å². The number of esters is 1. The third-order valence-electron chi connectivity index (χ3n) is 4.00. The van der Waals surface area contributed by atoms with Crippen molar-refractivity contribution in [3.63, 3.8) is 0 Å². The summed E-state index contributed by atoms with van der Waals surface area (Å²) in [5.41, 5.74) is -0.855. The van der Waals surface area contributed by atoms with Crippen LogP contribution in [0.1, 0.15) is 40.0 Å². The van der Waals surface area contributed by atoms with Gasteiger partial charge < -0.3 is 14.4 Å². The first kappa shape index (κ1) is 26.1. The fraction of sp³-hybridized carbons (Fsp3) is 0.875. The molecule has 1 rings (SSSR count). The van der Waals surface area contributed by atoms with Crippen LogP contribution in [0.4, 0.5) is 44.3 Å². The van der Waals surface area contributed by atoms with Gasteiger partial charge in [0, 0.05) is 19.5 Å². The fourth-order valence-corrected chi connectivity index (χ4v) is 2.42. The maximum atomic E-state index is 13.6. The molecule has 1 fully saturated rings. The molecule has 0 spiro atoms. The van der Waals surface area contributed by atoms with Crippen LogP contribution >= 0.6 is 0 Å². The van der Waals surface area contributed by atoms with E-state index in [0.29, 0.717) is 0 Å². The monoisotopic (exact) mass is 461 g/mol. The molecule has 176 valence electrons. The minimum Gasteiger partial charge on any atom is -0.458 e. The van der Waals surface area contributed by atoms with Crippen molar-refractivity contribution in [3.05, 3.63) is 0 Å². The standard InChI is InChI=1S/C16H20F9NO4/c1-12(2,3)30-11(28)26-7-4-5-9(6-8-26)29-10(27)13(17,18)14(19,20)15(21,22)16(23,24)25/h9H,4-8H2,1-3H3. The number of carbonyl (C=O) groups excluding carboxylic acids is 2. The van der Waals surface area contributed by atoms with Crippen LogP contribution < -0.4 is 0 Å². The Labute approximate surface area is 165 Å². The van der Waals surface area contributed by atoms with Crippen molar-refractivity contribution < 1.29 is 58.6 Å². The Kier molecular flexibility index (Phi) is 7.26. The molecule has 1 aliphatic heterocycles. The predicted octanol–water partition coefficient (Wildman–Crippen LogP) is 4.79. The quantitative estimate of drug-likeness (QED) is 0.447. The SMILES string of the molecule is CC(C)(C)OC(=O)N1CCCC(OC(=O)C(F)(F)C(F)(F)C(F)(F)C(F)(F)F)CC1. The Morgan fingerprint density at radius 3 is 1.83 bits per heavy atom. The van der Waals surface area contributed by atoms with E-state index in [-0.39, 0.29) is 32.4 Å². The van der Waals surface area contributed by atoms with Gasteiger partial charge in [0.2, 0.25) is 0 Å². The summed E-state index contributed by atoms with van der Waals surface area (Å²) in [5, 5.41) is 0. The molecule has 1 heterocycles. The van der Waals surface area contributed by atoms with E-state index in [0.717, 1.165) is 4.90 Å². The number of hydrogen-bond acceptors (Lipinski definition) is 4. The molecule has 1 amide bonds.